The molecule has 0 saturated heterocycles. The maximum absolute atomic E-state index is 11.9. The van der Waals surface area contributed by atoms with Gasteiger partial charge in [-0.15, -0.1) is 24.3 Å². The van der Waals surface area contributed by atoms with Crippen LogP contribution >= 0.6 is 30.3 Å². The summed E-state index contributed by atoms with van der Waals surface area (Å²) in [7, 11) is 9.40. The van der Waals surface area contributed by atoms with Gasteiger partial charge in [0.2, 0.25) is 0 Å². The van der Waals surface area contributed by atoms with Crippen molar-refractivity contribution in [2.24, 2.45) is 0 Å². The van der Waals surface area contributed by atoms with Gasteiger partial charge in [0, 0.05) is 11.6 Å². The van der Waals surface area contributed by atoms with Gasteiger partial charge < -0.3 is 0 Å². The molecular weight excluding hydrogens is 419 g/mol. The van der Waals surface area contributed by atoms with Crippen molar-refractivity contribution in [3.8, 4) is 0 Å². The monoisotopic (exact) mass is 424 g/mol. The molecule has 2 aromatic rings. The normalized spacial score (nSPS) is 8.91. The Kier molecular flexibility index (Phi) is 14.1. The molecule has 2 aromatic carbocycles. The van der Waals surface area contributed by atoms with Gasteiger partial charge in [-0.1, -0.05) is 0 Å². The summed E-state index contributed by atoms with van der Waals surface area (Å²) in [6.45, 7) is 0. The molecule has 10 heteroatoms. The zero-order chi connectivity index (χ0) is 16.4. The molecule has 0 saturated carbocycles. The number of hydrogen-bond acceptors (Lipinski definition) is 0. The van der Waals surface area contributed by atoms with Gasteiger partial charge in [-0.3, -0.25) is 8.78 Å². The second kappa shape index (κ2) is 13.0. The van der Waals surface area contributed by atoms with E-state index in [0.717, 1.165) is 24.3 Å². The van der Waals surface area contributed by atoms with E-state index in [2.05, 4.69) is 0 Å². The molecule has 0 N–H and O–H groups in total. The van der Waals surface area contributed by atoms with Crippen molar-refractivity contribution in [1.82, 2.24) is 0 Å². The van der Waals surface area contributed by atoms with Gasteiger partial charge >= 0.3 is 33.0 Å². The third kappa shape index (κ3) is 8.84. The van der Waals surface area contributed by atoms with E-state index >= 15 is 0 Å². The zero-order valence-electron chi connectivity index (χ0n) is 10.4. The van der Waals surface area contributed by atoms with E-state index in [1.54, 1.807) is 0 Å². The number of hydrogen-bond donors (Lipinski definition) is 0. The van der Waals surface area contributed by atoms with Gasteiger partial charge in [-0.25, -0.2) is 17.6 Å². The van der Waals surface area contributed by atoms with E-state index < -0.39 is 34.9 Å². The summed E-state index contributed by atoms with van der Waals surface area (Å²) in [5.41, 5.74) is 0. The van der Waals surface area contributed by atoms with Gasteiger partial charge in [0.1, 0.15) is 0 Å². The second-order valence-electron chi connectivity index (χ2n) is 2.95. The molecule has 0 heterocycles. The van der Waals surface area contributed by atoms with Crippen molar-refractivity contribution in [2.75, 3.05) is 0 Å². The van der Waals surface area contributed by atoms with Gasteiger partial charge in [0.05, 0.1) is 23.3 Å². The molecule has 126 valence electrons. The molecule has 0 aliphatic carbocycles. The SMILES string of the molecule is Fc1[c-]ccc(F)c1F.Fc1[c-]ccc(F)c1F.P.[Cl][Ni+2][Cl]. The van der Waals surface area contributed by atoms with Crippen molar-refractivity contribution >= 4 is 30.3 Å². The van der Waals surface area contributed by atoms with E-state index in [4.69, 9.17) is 20.4 Å². The van der Waals surface area contributed by atoms with Crippen LogP contribution in [0.15, 0.2) is 24.3 Å². The predicted octanol–water partition coefficient (Wildman–Crippen LogP) is 5.24. The standard InChI is InChI=1S/2C6H2F3.2ClH.Ni.H3P/c2*7-4-2-1-3-5(8)6(4)9;;;;/h2*1-2H;2*1H;;1H3/q2*-1;;;+4;/p-2. The summed E-state index contributed by atoms with van der Waals surface area (Å²) in [6.07, 6.45) is 0. The summed E-state index contributed by atoms with van der Waals surface area (Å²) in [6, 6.07) is 7.29. The van der Waals surface area contributed by atoms with Crippen LogP contribution in [0.1, 0.15) is 0 Å². The van der Waals surface area contributed by atoms with Crippen LogP contribution in [0.4, 0.5) is 26.3 Å². The third-order valence-corrected chi connectivity index (χ3v) is 1.68. The van der Waals surface area contributed by atoms with Crippen LogP contribution in [-0.2, 0) is 12.7 Å². The second-order valence-corrected chi connectivity index (χ2v) is 4.58. The van der Waals surface area contributed by atoms with Crippen LogP contribution in [0.5, 0.6) is 0 Å². The minimum absolute atomic E-state index is 0. The van der Waals surface area contributed by atoms with Gasteiger partial charge in [0.25, 0.3) is 0 Å². The Morgan fingerprint density at radius 2 is 1.00 bits per heavy atom. The average Bonchev–Trinajstić information content (AvgIpc) is 2.44. The van der Waals surface area contributed by atoms with Crippen LogP contribution in [0.25, 0.3) is 0 Å². The van der Waals surface area contributed by atoms with Crippen molar-refractivity contribution in [1.29, 1.82) is 0 Å². The van der Waals surface area contributed by atoms with Crippen molar-refractivity contribution in [3.05, 3.63) is 71.3 Å². The number of rotatable bonds is 0. The fourth-order valence-corrected chi connectivity index (χ4v) is 0.859. The zero-order valence-corrected chi connectivity index (χ0v) is 14.3. The van der Waals surface area contributed by atoms with Gasteiger partial charge in [-0.2, -0.15) is 22.0 Å². The topological polar surface area (TPSA) is 0 Å². The molecule has 0 bridgehead atoms. The van der Waals surface area contributed by atoms with Crippen LogP contribution in [0.3, 0.4) is 0 Å². The van der Waals surface area contributed by atoms with Crippen LogP contribution in [-0.4, -0.2) is 0 Å². The van der Waals surface area contributed by atoms with E-state index in [-0.39, 0.29) is 9.90 Å². The Morgan fingerprint density at radius 3 is 1.18 bits per heavy atom. The van der Waals surface area contributed by atoms with Gasteiger partial charge in [0.15, 0.2) is 0 Å². The summed E-state index contributed by atoms with van der Waals surface area (Å²) in [4.78, 5) is 0. The summed E-state index contributed by atoms with van der Waals surface area (Å²) in [5.74, 6) is -7.89. The van der Waals surface area contributed by atoms with Crippen molar-refractivity contribution < 1.29 is 39.0 Å². The first-order valence-corrected chi connectivity index (χ1v) is 7.41. The number of benzene rings is 2. The van der Waals surface area contributed by atoms with Crippen LogP contribution < -0.4 is 0 Å². The summed E-state index contributed by atoms with van der Waals surface area (Å²) >= 11 is 0.569. The first-order valence-electron chi connectivity index (χ1n) is 4.69. The Labute approximate surface area is 140 Å². The molecule has 1 atom stereocenters. The molecule has 0 fully saturated rings. The Hall–Kier alpha value is -0.476. The molecular formula is C12H7Cl2F6NiP. The minimum atomic E-state index is -1.47. The quantitative estimate of drug-likeness (QED) is 0.178. The van der Waals surface area contributed by atoms with Crippen molar-refractivity contribution in [3.63, 3.8) is 0 Å². The predicted molar refractivity (Wildman–Crippen MR) is 73.1 cm³/mol. The first-order chi connectivity index (χ1) is 9.84. The first kappa shape index (κ1) is 23.8. The molecule has 2 rings (SSSR count). The molecule has 0 aliphatic rings. The van der Waals surface area contributed by atoms with Crippen LogP contribution in [0, 0.1) is 47.0 Å². The Morgan fingerprint density at radius 1 is 0.727 bits per heavy atom. The summed E-state index contributed by atoms with van der Waals surface area (Å²) in [5, 5.41) is 0. The van der Waals surface area contributed by atoms with Crippen LogP contribution in [0.2, 0.25) is 0 Å². The van der Waals surface area contributed by atoms with E-state index in [9.17, 15) is 26.3 Å². The molecule has 0 amide bonds. The number of halogens is 8. The van der Waals surface area contributed by atoms with Gasteiger partial charge in [-0.05, 0) is 0 Å². The fraction of sp³-hybridized carbons (Fsp3) is 0. The summed E-state index contributed by atoms with van der Waals surface area (Å²) < 4.78 is 71.6. The average molecular weight is 426 g/mol. The molecule has 0 aromatic heterocycles. The third-order valence-electron chi connectivity index (χ3n) is 1.68. The van der Waals surface area contributed by atoms with Crippen molar-refractivity contribution in [2.45, 2.75) is 0 Å². The molecule has 0 radical (unpaired) electrons. The van der Waals surface area contributed by atoms with E-state index in [1.807, 2.05) is 12.1 Å². The maximum atomic E-state index is 11.9. The molecule has 22 heavy (non-hydrogen) atoms. The molecule has 1 unspecified atom stereocenters. The fourth-order valence-electron chi connectivity index (χ4n) is 0.859. The van der Waals surface area contributed by atoms with E-state index in [0.29, 0.717) is 12.7 Å². The van der Waals surface area contributed by atoms with E-state index in [1.165, 1.54) is 0 Å². The molecule has 0 aliphatic heterocycles. The Balaban J connectivity index is 0. The Bertz CT molecular complexity index is 483. The molecule has 0 nitrogen and oxygen atoms in total. The molecule has 0 spiro atoms.